The summed E-state index contributed by atoms with van der Waals surface area (Å²) < 4.78 is 0. The van der Waals surface area contributed by atoms with Gasteiger partial charge in [-0.15, -0.1) is 0 Å². The number of benzene rings is 1. The van der Waals surface area contributed by atoms with E-state index < -0.39 is 11.0 Å². The summed E-state index contributed by atoms with van der Waals surface area (Å²) in [5.74, 6) is 0. The highest BCUT2D eigenvalue weighted by Gasteiger charge is 2.17. The molecule has 1 N–H and O–H groups in total. The third-order valence-corrected chi connectivity index (χ3v) is 2.09. The van der Waals surface area contributed by atoms with Crippen LogP contribution in [-0.2, 0) is 0 Å². The van der Waals surface area contributed by atoms with Crippen molar-refractivity contribution in [1.82, 2.24) is 4.90 Å². The van der Waals surface area contributed by atoms with Crippen LogP contribution in [0.1, 0.15) is 6.42 Å². The van der Waals surface area contributed by atoms with E-state index in [4.69, 9.17) is 5.11 Å². The molecular formula is C10H12N2O4. The van der Waals surface area contributed by atoms with E-state index in [9.17, 15) is 14.9 Å². The molecular weight excluding hydrogens is 212 g/mol. The summed E-state index contributed by atoms with van der Waals surface area (Å²) in [5.41, 5.74) is 0.137. The molecule has 16 heavy (non-hydrogen) atoms. The van der Waals surface area contributed by atoms with Gasteiger partial charge in [-0.3, -0.25) is 10.1 Å². The van der Waals surface area contributed by atoms with Crippen LogP contribution in [0.4, 0.5) is 10.5 Å². The van der Waals surface area contributed by atoms with E-state index >= 15 is 0 Å². The number of likely N-dealkylation sites (tertiary alicyclic amines) is 1. The minimum atomic E-state index is -0.786. The summed E-state index contributed by atoms with van der Waals surface area (Å²) in [6, 6.07) is 7.93. The highest BCUT2D eigenvalue weighted by molar-refractivity contribution is 5.65. The first-order valence-electron chi connectivity index (χ1n) is 4.78. The summed E-state index contributed by atoms with van der Waals surface area (Å²) >= 11 is 0. The highest BCUT2D eigenvalue weighted by Crippen LogP contribution is 2.06. The van der Waals surface area contributed by atoms with Gasteiger partial charge in [0.25, 0.3) is 5.69 Å². The first-order chi connectivity index (χ1) is 7.61. The van der Waals surface area contributed by atoms with Crippen molar-refractivity contribution in [3.05, 3.63) is 40.4 Å². The Balaban J connectivity index is 0.000000165. The van der Waals surface area contributed by atoms with Crippen LogP contribution >= 0.6 is 0 Å². The third kappa shape index (κ3) is 3.56. The van der Waals surface area contributed by atoms with Gasteiger partial charge in [0, 0.05) is 25.2 Å². The van der Waals surface area contributed by atoms with Crippen LogP contribution in [0.25, 0.3) is 0 Å². The first-order valence-corrected chi connectivity index (χ1v) is 4.78. The van der Waals surface area contributed by atoms with E-state index in [2.05, 4.69) is 0 Å². The monoisotopic (exact) mass is 224 g/mol. The van der Waals surface area contributed by atoms with Gasteiger partial charge in [-0.25, -0.2) is 4.79 Å². The molecule has 1 aromatic carbocycles. The summed E-state index contributed by atoms with van der Waals surface area (Å²) in [6.45, 7) is 1.46. The van der Waals surface area contributed by atoms with Crippen molar-refractivity contribution in [3.63, 3.8) is 0 Å². The number of hydrogen-bond donors (Lipinski definition) is 1. The van der Waals surface area contributed by atoms with Crippen LogP contribution in [0.3, 0.4) is 0 Å². The maximum atomic E-state index is 10.0. The van der Waals surface area contributed by atoms with Gasteiger partial charge >= 0.3 is 6.09 Å². The summed E-state index contributed by atoms with van der Waals surface area (Å²) in [6.07, 6.45) is 0.248. The number of hydrogen-bond acceptors (Lipinski definition) is 3. The Morgan fingerprint density at radius 3 is 2.06 bits per heavy atom. The van der Waals surface area contributed by atoms with Gasteiger partial charge in [-0.1, -0.05) is 18.2 Å². The number of nitro groups is 1. The zero-order chi connectivity index (χ0) is 12.0. The van der Waals surface area contributed by atoms with Crippen molar-refractivity contribution in [2.24, 2.45) is 0 Å². The molecule has 0 aromatic heterocycles. The zero-order valence-corrected chi connectivity index (χ0v) is 8.57. The Bertz CT molecular complexity index is 362. The normalized spacial score (nSPS) is 13.1. The van der Waals surface area contributed by atoms with Crippen LogP contribution in [-0.4, -0.2) is 34.1 Å². The number of nitrogens with zero attached hydrogens (tertiary/aromatic N) is 2. The molecule has 1 saturated heterocycles. The SMILES string of the molecule is O=C(O)N1CCC1.O=[N+]([O-])c1ccccc1. The van der Waals surface area contributed by atoms with Crippen LogP contribution in [0, 0.1) is 10.1 Å². The van der Waals surface area contributed by atoms with Gasteiger partial charge < -0.3 is 10.0 Å². The molecule has 0 atom stereocenters. The van der Waals surface area contributed by atoms with Crippen molar-refractivity contribution in [3.8, 4) is 0 Å². The maximum absolute atomic E-state index is 10.0. The lowest BCUT2D eigenvalue weighted by molar-refractivity contribution is -0.384. The molecule has 2 rings (SSSR count). The molecule has 0 aliphatic carbocycles. The lowest BCUT2D eigenvalue weighted by Crippen LogP contribution is -2.40. The fourth-order valence-corrected chi connectivity index (χ4v) is 1.06. The molecule has 1 heterocycles. The molecule has 0 spiro atoms. The molecule has 0 unspecified atom stereocenters. The number of para-hydroxylation sites is 1. The van der Waals surface area contributed by atoms with E-state index in [1.807, 2.05) is 0 Å². The Kier molecular flexibility index (Phi) is 4.26. The molecule has 0 radical (unpaired) electrons. The molecule has 6 nitrogen and oxygen atoms in total. The average molecular weight is 224 g/mol. The summed E-state index contributed by atoms with van der Waals surface area (Å²) in [7, 11) is 0. The smallest absolute Gasteiger partial charge is 0.407 e. The Hall–Kier alpha value is -2.11. The molecule has 1 aromatic rings. The minimum absolute atomic E-state index is 0.137. The van der Waals surface area contributed by atoms with Crippen LogP contribution in [0.2, 0.25) is 0 Å². The van der Waals surface area contributed by atoms with Gasteiger partial charge in [0.2, 0.25) is 0 Å². The van der Waals surface area contributed by atoms with Crippen molar-refractivity contribution >= 4 is 11.8 Å². The Morgan fingerprint density at radius 2 is 1.88 bits per heavy atom. The third-order valence-electron chi connectivity index (χ3n) is 2.09. The second-order valence-corrected chi connectivity index (χ2v) is 3.22. The number of rotatable bonds is 1. The molecule has 86 valence electrons. The number of carbonyl (C=O) groups is 1. The second kappa shape index (κ2) is 5.69. The first kappa shape index (κ1) is 12.0. The number of amides is 1. The fraction of sp³-hybridized carbons (Fsp3) is 0.300. The van der Waals surface area contributed by atoms with E-state index in [1.165, 1.54) is 17.0 Å². The van der Waals surface area contributed by atoms with Gasteiger partial charge in [0.15, 0.2) is 0 Å². The van der Waals surface area contributed by atoms with E-state index in [1.54, 1.807) is 18.2 Å². The Morgan fingerprint density at radius 1 is 1.31 bits per heavy atom. The summed E-state index contributed by atoms with van der Waals surface area (Å²) in [5, 5.41) is 18.2. The van der Waals surface area contributed by atoms with Crippen LogP contribution < -0.4 is 0 Å². The number of carboxylic acid groups (broad SMARTS) is 1. The average Bonchev–Trinajstić information content (AvgIpc) is 2.16. The van der Waals surface area contributed by atoms with E-state index in [0.717, 1.165) is 19.5 Å². The predicted molar refractivity (Wildman–Crippen MR) is 57.3 cm³/mol. The van der Waals surface area contributed by atoms with E-state index in [0.29, 0.717) is 0 Å². The molecule has 1 aliphatic rings. The van der Waals surface area contributed by atoms with Gasteiger partial charge in [0.05, 0.1) is 4.92 Å². The van der Waals surface area contributed by atoms with Crippen molar-refractivity contribution in [1.29, 1.82) is 0 Å². The molecule has 6 heteroatoms. The molecule has 1 fully saturated rings. The lowest BCUT2D eigenvalue weighted by Gasteiger charge is -2.27. The molecule has 1 aliphatic heterocycles. The van der Waals surface area contributed by atoms with Gasteiger partial charge in [-0.2, -0.15) is 0 Å². The largest absolute Gasteiger partial charge is 0.465 e. The summed E-state index contributed by atoms with van der Waals surface area (Å²) in [4.78, 5) is 20.9. The topological polar surface area (TPSA) is 83.7 Å². The van der Waals surface area contributed by atoms with Gasteiger partial charge in [-0.05, 0) is 6.42 Å². The number of non-ortho nitro benzene ring substituents is 1. The van der Waals surface area contributed by atoms with Gasteiger partial charge in [0.1, 0.15) is 0 Å². The minimum Gasteiger partial charge on any atom is -0.465 e. The van der Waals surface area contributed by atoms with Crippen molar-refractivity contribution in [2.75, 3.05) is 13.1 Å². The number of nitro benzene ring substituents is 1. The second-order valence-electron chi connectivity index (χ2n) is 3.22. The molecule has 1 amide bonds. The van der Waals surface area contributed by atoms with E-state index in [-0.39, 0.29) is 5.69 Å². The van der Waals surface area contributed by atoms with Crippen molar-refractivity contribution < 1.29 is 14.8 Å². The highest BCUT2D eigenvalue weighted by atomic mass is 16.6. The quantitative estimate of drug-likeness (QED) is 0.583. The maximum Gasteiger partial charge on any atom is 0.407 e. The van der Waals surface area contributed by atoms with Crippen molar-refractivity contribution in [2.45, 2.75) is 6.42 Å². The predicted octanol–water partition coefficient (Wildman–Crippen LogP) is 1.96. The molecule has 0 saturated carbocycles. The molecule has 0 bridgehead atoms. The van der Waals surface area contributed by atoms with Crippen LogP contribution in [0.15, 0.2) is 30.3 Å². The Labute approximate surface area is 92.3 Å². The fourth-order valence-electron chi connectivity index (χ4n) is 1.06. The zero-order valence-electron chi connectivity index (χ0n) is 8.57. The van der Waals surface area contributed by atoms with Crippen LogP contribution in [0.5, 0.6) is 0 Å². The lowest BCUT2D eigenvalue weighted by atomic mass is 10.2. The standard InChI is InChI=1S/C6H5NO2.C4H7NO2/c8-7(9)6-4-2-1-3-5-6;6-4(7)5-2-1-3-5/h1-5H;1-3H2,(H,6,7).